The molecule has 1 rings (SSSR count). The van der Waals surface area contributed by atoms with Crippen molar-refractivity contribution in [2.75, 3.05) is 0 Å². The second-order valence-corrected chi connectivity index (χ2v) is 2.39. The number of benzene rings is 1. The first kappa shape index (κ1) is 6.34. The van der Waals surface area contributed by atoms with Crippen LogP contribution in [-0.2, 0) is 0 Å². The summed E-state index contributed by atoms with van der Waals surface area (Å²) in [4.78, 5) is 0. The Balaban J connectivity index is 3.17. The molecule has 0 aliphatic heterocycles. The lowest BCUT2D eigenvalue weighted by Gasteiger charge is -1.95. The lowest BCUT2D eigenvalue weighted by molar-refractivity contribution is 1.30. The third kappa shape index (κ3) is 1.56. The summed E-state index contributed by atoms with van der Waals surface area (Å²) in [5.74, 6) is 0. The SMILES string of the molecule is Cc1[c]c(C)cc(C)[c]1. The zero-order valence-corrected chi connectivity index (χ0v) is 6.08. The highest BCUT2D eigenvalue weighted by molar-refractivity contribution is 5.24. The standard InChI is InChI=1S/C9H10/c1-7-4-8(2)6-9(3)5-7/h4H,1-3H3. The van der Waals surface area contributed by atoms with Crippen LogP contribution in [0.3, 0.4) is 0 Å². The zero-order chi connectivity index (χ0) is 6.85. The van der Waals surface area contributed by atoms with Gasteiger partial charge in [-0.2, -0.15) is 0 Å². The molecule has 0 saturated carbocycles. The van der Waals surface area contributed by atoms with E-state index in [1.807, 2.05) is 20.8 Å². The van der Waals surface area contributed by atoms with Gasteiger partial charge in [0.1, 0.15) is 0 Å². The van der Waals surface area contributed by atoms with E-state index in [0.717, 1.165) is 5.56 Å². The third-order valence-electron chi connectivity index (χ3n) is 1.20. The summed E-state index contributed by atoms with van der Waals surface area (Å²) < 4.78 is 0. The number of hydrogen-bond acceptors (Lipinski definition) is 0. The van der Waals surface area contributed by atoms with Gasteiger partial charge in [0.15, 0.2) is 0 Å². The second kappa shape index (κ2) is 2.22. The molecular formula is C9H10. The number of hydrogen-bond donors (Lipinski definition) is 0. The van der Waals surface area contributed by atoms with Gasteiger partial charge in [-0.15, -0.1) is 0 Å². The van der Waals surface area contributed by atoms with Gasteiger partial charge in [0.25, 0.3) is 0 Å². The Morgan fingerprint density at radius 1 is 1.00 bits per heavy atom. The smallest absolute Gasteiger partial charge is 0.0113 e. The Labute approximate surface area is 56.5 Å². The van der Waals surface area contributed by atoms with Crippen LogP contribution < -0.4 is 0 Å². The van der Waals surface area contributed by atoms with Gasteiger partial charge in [-0.05, 0) is 49.6 Å². The van der Waals surface area contributed by atoms with Crippen LogP contribution in [0.5, 0.6) is 0 Å². The maximum absolute atomic E-state index is 3.16. The summed E-state index contributed by atoms with van der Waals surface area (Å²) in [5, 5.41) is 0. The maximum atomic E-state index is 3.16. The zero-order valence-electron chi connectivity index (χ0n) is 6.08. The molecule has 0 N–H and O–H groups in total. The van der Waals surface area contributed by atoms with Gasteiger partial charge in [-0.25, -0.2) is 0 Å². The Morgan fingerprint density at radius 3 is 1.78 bits per heavy atom. The molecule has 0 spiro atoms. The normalized spacial score (nSPS) is 9.67. The molecule has 0 aliphatic carbocycles. The highest BCUT2D eigenvalue weighted by Crippen LogP contribution is 2.04. The van der Waals surface area contributed by atoms with Gasteiger partial charge in [-0.1, -0.05) is 6.07 Å². The van der Waals surface area contributed by atoms with Crippen LogP contribution in [0.15, 0.2) is 6.07 Å². The average Bonchev–Trinajstić information content (AvgIpc) is 1.59. The number of rotatable bonds is 0. The van der Waals surface area contributed by atoms with Gasteiger partial charge in [0, 0.05) is 0 Å². The molecule has 0 nitrogen and oxygen atoms in total. The Kier molecular flexibility index (Phi) is 1.56. The lowest BCUT2D eigenvalue weighted by Crippen LogP contribution is -1.80. The molecule has 0 saturated heterocycles. The fraction of sp³-hybridized carbons (Fsp3) is 0.333. The topological polar surface area (TPSA) is 0 Å². The van der Waals surface area contributed by atoms with Gasteiger partial charge >= 0.3 is 0 Å². The van der Waals surface area contributed by atoms with E-state index in [4.69, 9.17) is 0 Å². The molecule has 9 heavy (non-hydrogen) atoms. The minimum absolute atomic E-state index is 1.10. The summed E-state index contributed by atoms with van der Waals surface area (Å²) in [7, 11) is 0. The van der Waals surface area contributed by atoms with E-state index in [2.05, 4.69) is 18.2 Å². The van der Waals surface area contributed by atoms with Crippen molar-refractivity contribution in [2.24, 2.45) is 0 Å². The van der Waals surface area contributed by atoms with Crippen molar-refractivity contribution in [1.82, 2.24) is 0 Å². The van der Waals surface area contributed by atoms with E-state index < -0.39 is 0 Å². The monoisotopic (exact) mass is 118 g/mol. The molecule has 0 heterocycles. The first-order chi connectivity index (χ1) is 4.18. The largest absolute Gasteiger partial charge is 0.0551 e. The Morgan fingerprint density at radius 2 is 1.44 bits per heavy atom. The predicted octanol–water partition coefficient (Wildman–Crippen LogP) is 2.21. The average molecular weight is 118 g/mol. The Bertz CT molecular complexity index is 161. The molecular weight excluding hydrogens is 108 g/mol. The molecule has 1 aromatic carbocycles. The molecule has 0 unspecified atom stereocenters. The molecule has 0 aromatic heterocycles. The van der Waals surface area contributed by atoms with Gasteiger partial charge in [0.2, 0.25) is 0 Å². The fourth-order valence-electron chi connectivity index (χ4n) is 1.02. The minimum Gasteiger partial charge on any atom is -0.0551 e. The van der Waals surface area contributed by atoms with Crippen molar-refractivity contribution in [3.05, 3.63) is 34.9 Å². The van der Waals surface area contributed by atoms with E-state index in [1.165, 1.54) is 11.1 Å². The van der Waals surface area contributed by atoms with Crippen LogP contribution in [0, 0.1) is 32.9 Å². The Hall–Kier alpha value is -0.780. The van der Waals surface area contributed by atoms with Crippen LogP contribution >= 0.6 is 0 Å². The quantitative estimate of drug-likeness (QED) is 0.490. The van der Waals surface area contributed by atoms with E-state index in [-0.39, 0.29) is 0 Å². The van der Waals surface area contributed by atoms with Gasteiger partial charge < -0.3 is 0 Å². The molecule has 46 valence electrons. The van der Waals surface area contributed by atoms with Crippen LogP contribution in [0.2, 0.25) is 0 Å². The van der Waals surface area contributed by atoms with E-state index in [0.29, 0.717) is 0 Å². The first-order valence-corrected chi connectivity index (χ1v) is 3.08. The van der Waals surface area contributed by atoms with E-state index in [1.54, 1.807) is 0 Å². The van der Waals surface area contributed by atoms with Gasteiger partial charge in [-0.3, -0.25) is 0 Å². The minimum atomic E-state index is 1.10. The summed E-state index contributed by atoms with van der Waals surface area (Å²) in [6, 6.07) is 8.39. The molecule has 0 fully saturated rings. The first-order valence-electron chi connectivity index (χ1n) is 3.08. The summed E-state index contributed by atoms with van der Waals surface area (Å²) in [6.07, 6.45) is 0. The third-order valence-corrected chi connectivity index (χ3v) is 1.20. The molecule has 0 amide bonds. The molecule has 0 atom stereocenters. The molecule has 2 radical (unpaired) electrons. The van der Waals surface area contributed by atoms with Crippen LogP contribution in [0.1, 0.15) is 16.7 Å². The van der Waals surface area contributed by atoms with E-state index in [9.17, 15) is 0 Å². The van der Waals surface area contributed by atoms with Crippen LogP contribution in [0.4, 0.5) is 0 Å². The van der Waals surface area contributed by atoms with Gasteiger partial charge in [0.05, 0.1) is 0 Å². The maximum Gasteiger partial charge on any atom is -0.0113 e. The van der Waals surface area contributed by atoms with Crippen molar-refractivity contribution in [2.45, 2.75) is 20.8 Å². The number of aryl methyl sites for hydroxylation is 3. The van der Waals surface area contributed by atoms with Crippen LogP contribution in [0.25, 0.3) is 0 Å². The molecule has 0 bridgehead atoms. The van der Waals surface area contributed by atoms with E-state index >= 15 is 0 Å². The molecule has 0 aliphatic rings. The molecule has 1 aromatic rings. The lowest BCUT2D eigenvalue weighted by atomic mass is 10.1. The summed E-state index contributed by atoms with van der Waals surface area (Å²) >= 11 is 0. The summed E-state index contributed by atoms with van der Waals surface area (Å²) in [6.45, 7) is 6.11. The van der Waals surface area contributed by atoms with Crippen molar-refractivity contribution < 1.29 is 0 Å². The highest BCUT2D eigenvalue weighted by Gasteiger charge is 1.89. The molecule has 0 heteroatoms. The van der Waals surface area contributed by atoms with Crippen molar-refractivity contribution in [3.63, 3.8) is 0 Å². The highest BCUT2D eigenvalue weighted by atomic mass is 13.9. The van der Waals surface area contributed by atoms with Crippen LogP contribution in [-0.4, -0.2) is 0 Å². The second-order valence-electron chi connectivity index (χ2n) is 2.39. The van der Waals surface area contributed by atoms with Crippen molar-refractivity contribution >= 4 is 0 Å². The fourth-order valence-corrected chi connectivity index (χ4v) is 1.02. The summed E-state index contributed by atoms with van der Waals surface area (Å²) in [5.41, 5.74) is 3.50. The van der Waals surface area contributed by atoms with Crippen molar-refractivity contribution in [1.29, 1.82) is 0 Å². The van der Waals surface area contributed by atoms with Crippen molar-refractivity contribution in [3.8, 4) is 0 Å². The predicted molar refractivity (Wildman–Crippen MR) is 38.3 cm³/mol.